The van der Waals surface area contributed by atoms with Crippen molar-refractivity contribution >= 4 is 0 Å². The lowest BCUT2D eigenvalue weighted by molar-refractivity contribution is -0.147. The fourth-order valence-corrected chi connectivity index (χ4v) is 1.39. The van der Waals surface area contributed by atoms with Gasteiger partial charge in [-0.15, -0.1) is 0 Å². The summed E-state index contributed by atoms with van der Waals surface area (Å²) in [6.07, 6.45) is 0.219. The van der Waals surface area contributed by atoms with Crippen molar-refractivity contribution in [2.45, 2.75) is 5.72 Å². The van der Waals surface area contributed by atoms with Crippen LogP contribution in [0.25, 0.3) is 0 Å². The molecule has 0 saturated heterocycles. The second kappa shape index (κ2) is 5.23. The molecule has 1 unspecified atom stereocenters. The molecule has 0 saturated carbocycles. The SMILES string of the molecule is CO[C](OC)C(N)(OC)c1ccccc1. The maximum absolute atomic E-state index is 6.07. The molecule has 0 aliphatic carbocycles. The van der Waals surface area contributed by atoms with Crippen molar-refractivity contribution in [3.05, 3.63) is 42.2 Å². The Bertz CT molecular complexity index is 287. The van der Waals surface area contributed by atoms with Crippen LogP contribution in [0.5, 0.6) is 0 Å². The van der Waals surface area contributed by atoms with Gasteiger partial charge in [0, 0.05) is 26.9 Å². The van der Waals surface area contributed by atoms with Crippen molar-refractivity contribution in [1.82, 2.24) is 0 Å². The van der Waals surface area contributed by atoms with Crippen LogP contribution in [-0.4, -0.2) is 21.3 Å². The first-order chi connectivity index (χ1) is 7.19. The molecule has 1 aromatic carbocycles. The highest BCUT2D eigenvalue weighted by Crippen LogP contribution is 2.30. The molecule has 0 fully saturated rings. The second-order valence-electron chi connectivity index (χ2n) is 3.00. The highest BCUT2D eigenvalue weighted by atomic mass is 16.7. The maximum atomic E-state index is 6.07. The van der Waals surface area contributed by atoms with Crippen LogP contribution in [-0.2, 0) is 19.9 Å². The largest absolute Gasteiger partial charge is 0.354 e. The molecule has 1 aromatic rings. The summed E-state index contributed by atoms with van der Waals surface area (Å²) in [5, 5.41) is 0. The lowest BCUT2D eigenvalue weighted by atomic mass is 10.0. The average Bonchev–Trinajstić information content (AvgIpc) is 2.31. The summed E-state index contributed by atoms with van der Waals surface area (Å²) in [6.45, 7) is 0. The van der Waals surface area contributed by atoms with Crippen molar-refractivity contribution in [3.63, 3.8) is 0 Å². The van der Waals surface area contributed by atoms with Gasteiger partial charge in [-0.05, 0) is 0 Å². The quantitative estimate of drug-likeness (QED) is 0.742. The topological polar surface area (TPSA) is 53.7 Å². The standard InChI is InChI=1S/C11H16NO3/c1-13-10(14-2)11(12,15-3)9-7-5-4-6-8-9/h4-8H,12H2,1-3H3. The molecule has 0 spiro atoms. The average molecular weight is 210 g/mol. The van der Waals surface area contributed by atoms with Crippen LogP contribution >= 0.6 is 0 Å². The summed E-state index contributed by atoms with van der Waals surface area (Å²) in [5.74, 6) is 0. The molecule has 1 atom stereocenters. The molecular weight excluding hydrogens is 194 g/mol. The van der Waals surface area contributed by atoms with Crippen LogP contribution < -0.4 is 5.73 Å². The summed E-state index contributed by atoms with van der Waals surface area (Å²) in [4.78, 5) is 0. The molecule has 4 nitrogen and oxygen atoms in total. The molecule has 15 heavy (non-hydrogen) atoms. The lowest BCUT2D eigenvalue weighted by Gasteiger charge is -2.32. The first kappa shape index (κ1) is 12.1. The van der Waals surface area contributed by atoms with Gasteiger partial charge < -0.3 is 14.2 Å². The zero-order valence-corrected chi connectivity index (χ0v) is 9.19. The number of ether oxygens (including phenoxy) is 3. The summed E-state index contributed by atoms with van der Waals surface area (Å²) < 4.78 is 15.4. The van der Waals surface area contributed by atoms with Crippen molar-refractivity contribution in [2.75, 3.05) is 21.3 Å². The van der Waals surface area contributed by atoms with E-state index in [4.69, 9.17) is 19.9 Å². The molecular formula is C11H16NO3. The lowest BCUT2D eigenvalue weighted by Crippen LogP contribution is -2.46. The monoisotopic (exact) mass is 210 g/mol. The Hall–Kier alpha value is -0.940. The van der Waals surface area contributed by atoms with Crippen molar-refractivity contribution in [3.8, 4) is 0 Å². The highest BCUT2D eigenvalue weighted by Gasteiger charge is 2.39. The first-order valence-electron chi connectivity index (χ1n) is 4.54. The van der Waals surface area contributed by atoms with Crippen LogP contribution in [0.3, 0.4) is 0 Å². The smallest absolute Gasteiger partial charge is 0.276 e. The predicted molar refractivity (Wildman–Crippen MR) is 56.6 cm³/mol. The molecule has 0 aliphatic rings. The molecule has 1 radical (unpaired) electrons. The molecule has 0 amide bonds. The van der Waals surface area contributed by atoms with Gasteiger partial charge in [0.1, 0.15) is 0 Å². The van der Waals surface area contributed by atoms with Crippen LogP contribution in [0, 0.1) is 6.29 Å². The van der Waals surface area contributed by atoms with Crippen LogP contribution in [0.1, 0.15) is 5.56 Å². The molecule has 2 N–H and O–H groups in total. The third-order valence-electron chi connectivity index (χ3n) is 2.20. The predicted octanol–water partition coefficient (Wildman–Crippen LogP) is 1.23. The Balaban J connectivity index is 3.04. The van der Waals surface area contributed by atoms with E-state index in [1.54, 1.807) is 0 Å². The number of methoxy groups -OCH3 is 3. The van der Waals surface area contributed by atoms with Crippen molar-refractivity contribution in [2.24, 2.45) is 5.73 Å². The zero-order chi connectivity index (χ0) is 11.3. The van der Waals surface area contributed by atoms with Gasteiger partial charge >= 0.3 is 0 Å². The van der Waals surface area contributed by atoms with E-state index in [-0.39, 0.29) is 6.29 Å². The van der Waals surface area contributed by atoms with Gasteiger partial charge in [0.15, 0.2) is 0 Å². The molecule has 1 rings (SSSR count). The second-order valence-corrected chi connectivity index (χ2v) is 3.00. The van der Waals surface area contributed by atoms with Gasteiger partial charge in [-0.2, -0.15) is 0 Å². The fraction of sp³-hybridized carbons (Fsp3) is 0.364. The highest BCUT2D eigenvalue weighted by molar-refractivity contribution is 5.25. The van der Waals surface area contributed by atoms with E-state index in [1.807, 2.05) is 30.3 Å². The van der Waals surface area contributed by atoms with E-state index in [0.717, 1.165) is 5.56 Å². The number of benzene rings is 1. The van der Waals surface area contributed by atoms with E-state index in [2.05, 4.69) is 0 Å². The maximum Gasteiger partial charge on any atom is 0.276 e. The summed E-state index contributed by atoms with van der Waals surface area (Å²) in [7, 11) is 4.48. The minimum absolute atomic E-state index is 0.219. The van der Waals surface area contributed by atoms with Gasteiger partial charge in [-0.3, -0.25) is 5.73 Å². The number of rotatable bonds is 5. The Kier molecular flexibility index (Phi) is 4.23. The van der Waals surface area contributed by atoms with Gasteiger partial charge in [0.25, 0.3) is 6.29 Å². The van der Waals surface area contributed by atoms with Gasteiger partial charge in [-0.1, -0.05) is 30.3 Å². The fourth-order valence-electron chi connectivity index (χ4n) is 1.39. The minimum atomic E-state index is -1.18. The van der Waals surface area contributed by atoms with Crippen LogP contribution in [0.4, 0.5) is 0 Å². The molecule has 0 aliphatic heterocycles. The van der Waals surface area contributed by atoms with E-state index >= 15 is 0 Å². The van der Waals surface area contributed by atoms with E-state index in [0.29, 0.717) is 0 Å². The summed E-state index contributed by atoms with van der Waals surface area (Å²) in [6, 6.07) is 9.35. The van der Waals surface area contributed by atoms with Crippen molar-refractivity contribution < 1.29 is 14.2 Å². The van der Waals surface area contributed by atoms with E-state index in [9.17, 15) is 0 Å². The minimum Gasteiger partial charge on any atom is -0.354 e. The number of nitrogens with two attached hydrogens (primary N) is 1. The van der Waals surface area contributed by atoms with Gasteiger partial charge in [0.05, 0.1) is 0 Å². The Morgan fingerprint density at radius 2 is 1.60 bits per heavy atom. The molecule has 83 valence electrons. The Labute approximate surface area is 89.9 Å². The normalized spacial score (nSPS) is 15.3. The van der Waals surface area contributed by atoms with Gasteiger partial charge in [-0.25, -0.2) is 0 Å². The van der Waals surface area contributed by atoms with E-state index < -0.39 is 5.72 Å². The first-order valence-corrected chi connectivity index (χ1v) is 4.54. The number of hydrogen-bond donors (Lipinski definition) is 1. The van der Waals surface area contributed by atoms with Crippen LogP contribution in [0.15, 0.2) is 30.3 Å². The van der Waals surface area contributed by atoms with Gasteiger partial charge in [0.2, 0.25) is 5.72 Å². The third-order valence-corrected chi connectivity index (χ3v) is 2.20. The molecule has 0 bridgehead atoms. The molecule has 0 aromatic heterocycles. The Morgan fingerprint density at radius 3 is 2.00 bits per heavy atom. The zero-order valence-electron chi connectivity index (χ0n) is 9.19. The Morgan fingerprint density at radius 1 is 1.07 bits per heavy atom. The molecule has 4 heteroatoms. The summed E-state index contributed by atoms with van der Waals surface area (Å²) in [5.41, 5.74) is 5.67. The third kappa shape index (κ3) is 2.35. The van der Waals surface area contributed by atoms with E-state index in [1.165, 1.54) is 21.3 Å². The van der Waals surface area contributed by atoms with Crippen molar-refractivity contribution in [1.29, 1.82) is 0 Å². The summed E-state index contributed by atoms with van der Waals surface area (Å²) >= 11 is 0. The molecule has 0 heterocycles. The van der Waals surface area contributed by atoms with Crippen LogP contribution in [0.2, 0.25) is 0 Å². The number of hydrogen-bond acceptors (Lipinski definition) is 4.